The first kappa shape index (κ1) is 19.5. The van der Waals surface area contributed by atoms with Crippen LogP contribution < -0.4 is 4.74 Å². The Kier molecular flexibility index (Phi) is 5.50. The Morgan fingerprint density at radius 1 is 1.13 bits per heavy atom. The van der Waals surface area contributed by atoms with E-state index in [0.29, 0.717) is 45.0 Å². The lowest BCUT2D eigenvalue weighted by atomic mass is 10.1. The molecule has 1 N–H and O–H groups in total. The first-order valence-electron chi connectivity index (χ1n) is 10.5. The number of nitrogens with zero attached hydrogens (tertiary/aromatic N) is 3. The lowest BCUT2D eigenvalue weighted by Crippen LogP contribution is -2.47. The Balaban J connectivity index is 1.17. The highest BCUT2D eigenvalue weighted by Gasteiger charge is 2.25. The lowest BCUT2D eigenvalue weighted by Gasteiger charge is -2.32. The second-order valence-corrected chi connectivity index (χ2v) is 7.70. The highest BCUT2D eigenvalue weighted by atomic mass is 16.5. The van der Waals surface area contributed by atoms with Gasteiger partial charge in [-0.25, -0.2) is 9.97 Å². The van der Waals surface area contributed by atoms with Gasteiger partial charge in [0.2, 0.25) is 11.8 Å². The average Bonchev–Trinajstić information content (AvgIpc) is 3.24. The Labute approximate surface area is 180 Å². The van der Waals surface area contributed by atoms with E-state index >= 15 is 0 Å². The number of fused-ring (bicyclic) bond motifs is 2. The zero-order valence-corrected chi connectivity index (χ0v) is 17.2. The van der Waals surface area contributed by atoms with Crippen molar-refractivity contribution in [2.45, 2.75) is 18.9 Å². The van der Waals surface area contributed by atoms with Gasteiger partial charge in [-0.1, -0.05) is 30.3 Å². The molecule has 1 atom stereocenters. The Morgan fingerprint density at radius 2 is 1.97 bits per heavy atom. The van der Waals surface area contributed by atoms with E-state index in [1.807, 2.05) is 53.6 Å². The molecule has 5 rings (SSSR count). The molecule has 2 aromatic heterocycles. The van der Waals surface area contributed by atoms with Crippen molar-refractivity contribution in [2.24, 2.45) is 0 Å². The summed E-state index contributed by atoms with van der Waals surface area (Å²) >= 11 is 0. The third-order valence-corrected chi connectivity index (χ3v) is 5.69. The molecule has 1 aliphatic rings. The third-order valence-electron chi connectivity index (χ3n) is 5.69. The van der Waals surface area contributed by atoms with E-state index in [4.69, 9.17) is 9.47 Å². The number of hydrogen-bond donors (Lipinski definition) is 1. The summed E-state index contributed by atoms with van der Waals surface area (Å²) < 4.78 is 11.8. The second-order valence-electron chi connectivity index (χ2n) is 7.70. The predicted molar refractivity (Wildman–Crippen MR) is 118 cm³/mol. The number of benzene rings is 2. The normalized spacial score (nSPS) is 16.6. The van der Waals surface area contributed by atoms with Gasteiger partial charge in [0.1, 0.15) is 19.0 Å². The molecule has 3 heterocycles. The van der Waals surface area contributed by atoms with Gasteiger partial charge in [0.25, 0.3) is 0 Å². The zero-order valence-electron chi connectivity index (χ0n) is 17.2. The largest absolute Gasteiger partial charge is 0.474 e. The number of aromatic nitrogens is 3. The minimum atomic E-state index is -0.181. The van der Waals surface area contributed by atoms with Crippen molar-refractivity contribution in [1.29, 1.82) is 0 Å². The molecule has 4 aromatic rings. The van der Waals surface area contributed by atoms with Crippen LogP contribution in [0, 0.1) is 0 Å². The summed E-state index contributed by atoms with van der Waals surface area (Å²) in [6, 6.07) is 15.9. The maximum atomic E-state index is 12.8. The Hall–Kier alpha value is -3.45. The summed E-state index contributed by atoms with van der Waals surface area (Å²) in [6.07, 6.45) is 4.51. The van der Waals surface area contributed by atoms with Crippen LogP contribution in [0.1, 0.15) is 12.0 Å². The molecule has 1 aliphatic heterocycles. The first-order valence-corrected chi connectivity index (χ1v) is 10.5. The molecule has 1 saturated heterocycles. The Bertz CT molecular complexity index is 1200. The number of ether oxygens (including phenoxy) is 2. The van der Waals surface area contributed by atoms with Crippen LogP contribution in [-0.2, 0) is 16.0 Å². The van der Waals surface area contributed by atoms with Gasteiger partial charge in [0.05, 0.1) is 24.1 Å². The molecule has 1 amide bonds. The van der Waals surface area contributed by atoms with Crippen molar-refractivity contribution in [3.05, 3.63) is 66.6 Å². The molecule has 1 fully saturated rings. The minimum absolute atomic E-state index is 0.145. The molecule has 7 nitrogen and oxygen atoms in total. The number of amides is 1. The van der Waals surface area contributed by atoms with Crippen molar-refractivity contribution in [3.63, 3.8) is 0 Å². The van der Waals surface area contributed by atoms with E-state index in [9.17, 15) is 4.79 Å². The summed E-state index contributed by atoms with van der Waals surface area (Å²) in [5.41, 5.74) is 3.12. The first-order chi connectivity index (χ1) is 15.3. The number of morpholine rings is 1. The maximum absolute atomic E-state index is 12.8. The number of nitrogens with one attached hydrogen (secondary N) is 1. The Morgan fingerprint density at radius 3 is 2.90 bits per heavy atom. The van der Waals surface area contributed by atoms with Crippen LogP contribution in [0.5, 0.6) is 5.88 Å². The lowest BCUT2D eigenvalue weighted by molar-refractivity contribution is -0.139. The fraction of sp³-hybridized carbons (Fsp3) is 0.292. The topological polar surface area (TPSA) is 80.3 Å². The van der Waals surface area contributed by atoms with Crippen molar-refractivity contribution >= 4 is 27.7 Å². The zero-order chi connectivity index (χ0) is 21.0. The summed E-state index contributed by atoms with van der Waals surface area (Å²) in [5.74, 6) is 0.683. The van der Waals surface area contributed by atoms with E-state index in [1.54, 1.807) is 0 Å². The number of aryl methyl sites for hydroxylation is 1. The van der Waals surface area contributed by atoms with E-state index in [2.05, 4.69) is 21.0 Å². The quantitative estimate of drug-likeness (QED) is 0.521. The number of aromatic amines is 1. The molecule has 7 heteroatoms. The van der Waals surface area contributed by atoms with Crippen molar-refractivity contribution < 1.29 is 14.3 Å². The number of rotatable bonds is 6. The van der Waals surface area contributed by atoms with Crippen LogP contribution in [0.25, 0.3) is 21.8 Å². The van der Waals surface area contributed by atoms with Gasteiger partial charge < -0.3 is 19.4 Å². The molecule has 0 radical (unpaired) electrons. The van der Waals surface area contributed by atoms with Crippen molar-refractivity contribution in [3.8, 4) is 5.88 Å². The monoisotopic (exact) mass is 416 g/mol. The van der Waals surface area contributed by atoms with Crippen LogP contribution in [0.3, 0.4) is 0 Å². The van der Waals surface area contributed by atoms with Crippen molar-refractivity contribution in [1.82, 2.24) is 19.9 Å². The number of carbonyl (C=O) groups excluding carboxylic acids is 1. The molecule has 0 aliphatic carbocycles. The van der Waals surface area contributed by atoms with Crippen LogP contribution >= 0.6 is 0 Å². The van der Waals surface area contributed by atoms with Gasteiger partial charge in [0.15, 0.2) is 0 Å². The highest BCUT2D eigenvalue weighted by molar-refractivity contribution is 5.84. The van der Waals surface area contributed by atoms with Gasteiger partial charge >= 0.3 is 0 Å². The van der Waals surface area contributed by atoms with E-state index < -0.39 is 0 Å². The summed E-state index contributed by atoms with van der Waals surface area (Å²) in [7, 11) is 0. The maximum Gasteiger partial charge on any atom is 0.224 e. The summed E-state index contributed by atoms with van der Waals surface area (Å²) in [5, 5.41) is 2.05. The number of hydrogen-bond acceptors (Lipinski definition) is 5. The number of para-hydroxylation sites is 2. The molecule has 158 valence electrons. The van der Waals surface area contributed by atoms with Gasteiger partial charge in [-0.2, -0.15) is 0 Å². The SMILES string of the molecule is O=C(CCc1c[nH]c2ccccc12)N1CCOC(COc2ncnc3ccccc23)C1. The van der Waals surface area contributed by atoms with E-state index in [0.717, 1.165) is 16.4 Å². The molecule has 0 saturated carbocycles. The van der Waals surface area contributed by atoms with Crippen LogP contribution in [0.2, 0.25) is 0 Å². The van der Waals surface area contributed by atoms with Gasteiger partial charge in [-0.05, 0) is 30.2 Å². The molecule has 31 heavy (non-hydrogen) atoms. The smallest absolute Gasteiger partial charge is 0.224 e. The third kappa shape index (κ3) is 4.22. The van der Waals surface area contributed by atoms with Gasteiger partial charge in [0, 0.05) is 30.1 Å². The molecule has 0 bridgehead atoms. The average molecular weight is 416 g/mol. The van der Waals surface area contributed by atoms with E-state index in [1.165, 1.54) is 17.3 Å². The van der Waals surface area contributed by atoms with Crippen LogP contribution in [-0.4, -0.2) is 58.2 Å². The molecule has 0 spiro atoms. The van der Waals surface area contributed by atoms with Crippen LogP contribution in [0.15, 0.2) is 61.1 Å². The number of carbonyl (C=O) groups is 1. The molecular formula is C24H24N4O3. The summed E-state index contributed by atoms with van der Waals surface area (Å²) in [6.45, 7) is 1.99. The molecule has 2 aromatic carbocycles. The van der Waals surface area contributed by atoms with Gasteiger partial charge in [-0.3, -0.25) is 4.79 Å². The predicted octanol–water partition coefficient (Wildman–Crippen LogP) is 3.35. The minimum Gasteiger partial charge on any atom is -0.474 e. The van der Waals surface area contributed by atoms with Gasteiger partial charge in [-0.15, -0.1) is 0 Å². The highest BCUT2D eigenvalue weighted by Crippen LogP contribution is 2.22. The molecule has 1 unspecified atom stereocenters. The standard InChI is InChI=1S/C24H24N4O3/c29-23(10-9-17-13-25-21-7-3-1-5-19(17)21)28-11-12-30-18(14-28)15-31-24-20-6-2-4-8-22(20)26-16-27-24/h1-8,13,16,18,25H,9-12,14-15H2. The second kappa shape index (κ2) is 8.73. The fourth-order valence-electron chi connectivity index (χ4n) is 4.05. The van der Waals surface area contributed by atoms with Crippen molar-refractivity contribution in [2.75, 3.05) is 26.3 Å². The number of H-pyrrole nitrogens is 1. The summed E-state index contributed by atoms with van der Waals surface area (Å²) in [4.78, 5) is 26.5. The van der Waals surface area contributed by atoms with Crippen LogP contribution in [0.4, 0.5) is 0 Å². The fourth-order valence-corrected chi connectivity index (χ4v) is 4.05. The molecular weight excluding hydrogens is 392 g/mol. The van der Waals surface area contributed by atoms with E-state index in [-0.39, 0.29) is 12.0 Å².